The number of halogens is 1. The summed E-state index contributed by atoms with van der Waals surface area (Å²) in [6.07, 6.45) is 6.57. The topological polar surface area (TPSA) is 54.7 Å². The molecule has 0 bridgehead atoms. The van der Waals surface area contributed by atoms with Gasteiger partial charge in [0.1, 0.15) is 5.82 Å². The van der Waals surface area contributed by atoms with Gasteiger partial charge >= 0.3 is 0 Å². The Labute approximate surface area is 119 Å². The number of hydrogen-bond donors (Lipinski definition) is 2. The van der Waals surface area contributed by atoms with Crippen LogP contribution in [0, 0.1) is 0 Å². The Morgan fingerprint density at radius 2 is 2.33 bits per heavy atom. The molecule has 2 unspecified atom stereocenters. The molecular formula is C13H16BrN3S. The summed E-state index contributed by atoms with van der Waals surface area (Å²) in [6.45, 7) is 0. The number of hydrogen-bond acceptors (Lipinski definition) is 3. The molecule has 0 spiro atoms. The zero-order chi connectivity index (χ0) is 12.5. The van der Waals surface area contributed by atoms with Gasteiger partial charge in [-0.15, -0.1) is 11.3 Å². The third-order valence-corrected chi connectivity index (χ3v) is 5.25. The van der Waals surface area contributed by atoms with Gasteiger partial charge in [-0.2, -0.15) is 0 Å². The quantitative estimate of drug-likeness (QED) is 0.880. The highest BCUT2D eigenvalue weighted by molar-refractivity contribution is 9.10. The Kier molecular flexibility index (Phi) is 3.54. The van der Waals surface area contributed by atoms with Crippen molar-refractivity contribution >= 4 is 27.3 Å². The minimum Gasteiger partial charge on any atom is -0.341 e. The standard InChI is InChI=1S/C13H16BrN3S/c14-9-5-12(18-7-9)11-6-16-13(17-11)8-2-1-3-10(15)4-8/h5-8,10H,1-4,15H2,(H,16,17). The Balaban J connectivity index is 1.80. The summed E-state index contributed by atoms with van der Waals surface area (Å²) in [5, 5.41) is 2.09. The molecule has 18 heavy (non-hydrogen) atoms. The monoisotopic (exact) mass is 325 g/mol. The third-order valence-electron chi connectivity index (χ3n) is 3.53. The highest BCUT2D eigenvalue weighted by atomic mass is 79.9. The van der Waals surface area contributed by atoms with Gasteiger partial charge in [-0.25, -0.2) is 4.98 Å². The van der Waals surface area contributed by atoms with Crippen molar-refractivity contribution in [2.24, 2.45) is 5.73 Å². The van der Waals surface area contributed by atoms with E-state index in [1.54, 1.807) is 11.3 Å². The minimum absolute atomic E-state index is 0.341. The van der Waals surface area contributed by atoms with Crippen LogP contribution in [0.5, 0.6) is 0 Å². The summed E-state index contributed by atoms with van der Waals surface area (Å²) < 4.78 is 1.12. The second kappa shape index (κ2) is 5.15. The van der Waals surface area contributed by atoms with Crippen molar-refractivity contribution < 1.29 is 0 Å². The first kappa shape index (κ1) is 12.4. The second-order valence-electron chi connectivity index (χ2n) is 4.93. The molecule has 1 saturated carbocycles. The Morgan fingerprint density at radius 3 is 3.06 bits per heavy atom. The second-order valence-corrected chi connectivity index (χ2v) is 6.76. The van der Waals surface area contributed by atoms with Crippen molar-refractivity contribution in [3.63, 3.8) is 0 Å². The predicted octanol–water partition coefficient (Wildman–Crippen LogP) is 3.89. The molecule has 1 aliphatic rings. The lowest BCUT2D eigenvalue weighted by Gasteiger charge is -2.24. The molecule has 3 nitrogen and oxygen atoms in total. The average molecular weight is 326 g/mol. The lowest BCUT2D eigenvalue weighted by atomic mass is 9.86. The van der Waals surface area contributed by atoms with E-state index in [4.69, 9.17) is 5.73 Å². The molecule has 1 aliphatic carbocycles. The fourth-order valence-corrected chi connectivity index (χ4v) is 3.99. The molecule has 2 aromatic rings. The van der Waals surface area contributed by atoms with E-state index in [1.165, 1.54) is 17.7 Å². The molecule has 0 aliphatic heterocycles. The van der Waals surface area contributed by atoms with E-state index in [-0.39, 0.29) is 0 Å². The van der Waals surface area contributed by atoms with Crippen LogP contribution in [0.25, 0.3) is 10.6 Å². The molecule has 0 amide bonds. The number of nitrogens with zero attached hydrogens (tertiary/aromatic N) is 1. The molecule has 2 heterocycles. The van der Waals surface area contributed by atoms with Gasteiger partial charge < -0.3 is 10.7 Å². The molecule has 5 heteroatoms. The zero-order valence-corrected chi connectivity index (χ0v) is 12.4. The van der Waals surface area contributed by atoms with E-state index in [2.05, 4.69) is 37.3 Å². The molecule has 0 aromatic carbocycles. The first-order valence-corrected chi connectivity index (χ1v) is 7.94. The highest BCUT2D eigenvalue weighted by Crippen LogP contribution is 2.33. The molecule has 3 N–H and O–H groups in total. The average Bonchev–Trinajstić information content (AvgIpc) is 2.97. The number of imidazole rings is 1. The fraction of sp³-hybridized carbons (Fsp3) is 0.462. The van der Waals surface area contributed by atoms with Gasteiger partial charge in [0.2, 0.25) is 0 Å². The zero-order valence-electron chi connectivity index (χ0n) is 10.0. The molecule has 96 valence electrons. The van der Waals surface area contributed by atoms with Crippen LogP contribution < -0.4 is 5.73 Å². The smallest absolute Gasteiger partial charge is 0.109 e. The van der Waals surface area contributed by atoms with Crippen LogP contribution in [0.3, 0.4) is 0 Å². The van der Waals surface area contributed by atoms with E-state index >= 15 is 0 Å². The van der Waals surface area contributed by atoms with Crippen LogP contribution in [-0.2, 0) is 0 Å². The van der Waals surface area contributed by atoms with Crippen LogP contribution in [0.1, 0.15) is 37.4 Å². The fourth-order valence-electron chi connectivity index (χ4n) is 2.60. The maximum atomic E-state index is 6.04. The van der Waals surface area contributed by atoms with Crippen LogP contribution in [0.4, 0.5) is 0 Å². The largest absolute Gasteiger partial charge is 0.341 e. The van der Waals surface area contributed by atoms with Gasteiger partial charge in [-0.1, -0.05) is 6.42 Å². The van der Waals surface area contributed by atoms with Crippen molar-refractivity contribution in [2.75, 3.05) is 0 Å². The summed E-state index contributed by atoms with van der Waals surface area (Å²) >= 11 is 5.20. The molecule has 2 atom stereocenters. The van der Waals surface area contributed by atoms with E-state index < -0.39 is 0 Å². The van der Waals surface area contributed by atoms with Crippen molar-refractivity contribution in [1.29, 1.82) is 0 Å². The molecule has 2 aromatic heterocycles. The molecule has 3 rings (SSSR count). The Morgan fingerprint density at radius 1 is 1.44 bits per heavy atom. The van der Waals surface area contributed by atoms with Gasteiger partial charge in [-0.3, -0.25) is 0 Å². The maximum absolute atomic E-state index is 6.04. The van der Waals surface area contributed by atoms with Crippen LogP contribution in [0.15, 0.2) is 22.1 Å². The van der Waals surface area contributed by atoms with E-state index in [1.807, 2.05) is 6.20 Å². The number of nitrogens with one attached hydrogen (secondary N) is 1. The Hall–Kier alpha value is -0.650. The molecule has 0 radical (unpaired) electrons. The van der Waals surface area contributed by atoms with Crippen LogP contribution in [-0.4, -0.2) is 16.0 Å². The van der Waals surface area contributed by atoms with Crippen LogP contribution in [0.2, 0.25) is 0 Å². The molecule has 0 saturated heterocycles. The number of aromatic amines is 1. The number of H-pyrrole nitrogens is 1. The summed E-state index contributed by atoms with van der Waals surface area (Å²) in [6, 6.07) is 2.46. The van der Waals surface area contributed by atoms with E-state index in [9.17, 15) is 0 Å². The Bertz CT molecular complexity index is 534. The number of thiophene rings is 1. The van der Waals surface area contributed by atoms with E-state index in [0.29, 0.717) is 12.0 Å². The van der Waals surface area contributed by atoms with Crippen molar-refractivity contribution in [1.82, 2.24) is 9.97 Å². The first-order valence-electron chi connectivity index (χ1n) is 6.27. The van der Waals surface area contributed by atoms with Crippen molar-refractivity contribution in [2.45, 2.75) is 37.6 Å². The number of nitrogens with two attached hydrogens (primary N) is 1. The van der Waals surface area contributed by atoms with E-state index in [0.717, 1.165) is 28.8 Å². The van der Waals surface area contributed by atoms with Gasteiger partial charge in [-0.05, 0) is 41.3 Å². The van der Waals surface area contributed by atoms with Crippen molar-refractivity contribution in [3.05, 3.63) is 27.9 Å². The predicted molar refractivity (Wildman–Crippen MR) is 78.8 cm³/mol. The number of aromatic nitrogens is 2. The SMILES string of the molecule is NC1CCCC(c2ncc(-c3cc(Br)cs3)[nH]2)C1. The first-order chi connectivity index (χ1) is 8.72. The van der Waals surface area contributed by atoms with Gasteiger partial charge in [0.25, 0.3) is 0 Å². The summed E-state index contributed by atoms with van der Waals surface area (Å²) in [5.74, 6) is 1.61. The maximum Gasteiger partial charge on any atom is 0.109 e. The minimum atomic E-state index is 0.341. The third kappa shape index (κ3) is 2.53. The van der Waals surface area contributed by atoms with Gasteiger partial charge in [0, 0.05) is 21.8 Å². The summed E-state index contributed by atoms with van der Waals surface area (Å²) in [7, 11) is 0. The molecule has 1 fully saturated rings. The summed E-state index contributed by atoms with van der Waals surface area (Å²) in [4.78, 5) is 9.22. The lowest BCUT2D eigenvalue weighted by Crippen LogP contribution is -2.27. The highest BCUT2D eigenvalue weighted by Gasteiger charge is 2.23. The van der Waals surface area contributed by atoms with Gasteiger partial charge in [0.05, 0.1) is 16.8 Å². The normalized spacial score (nSPS) is 24.3. The van der Waals surface area contributed by atoms with Crippen molar-refractivity contribution in [3.8, 4) is 10.6 Å². The molecular weight excluding hydrogens is 310 g/mol. The van der Waals surface area contributed by atoms with Crippen LogP contribution >= 0.6 is 27.3 Å². The lowest BCUT2D eigenvalue weighted by molar-refractivity contribution is 0.383. The summed E-state index contributed by atoms with van der Waals surface area (Å²) in [5.41, 5.74) is 7.15. The number of rotatable bonds is 2. The van der Waals surface area contributed by atoms with Gasteiger partial charge in [0.15, 0.2) is 0 Å².